The molecule has 0 N–H and O–H groups in total. The van der Waals surface area contributed by atoms with E-state index in [0.29, 0.717) is 15.0 Å². The highest BCUT2D eigenvalue weighted by Gasteiger charge is 2.17. The molecule has 2 aromatic rings. The number of ether oxygens (including phenoxy) is 1. The second-order valence-electron chi connectivity index (χ2n) is 3.26. The topological polar surface area (TPSA) is 61.2 Å². The normalized spacial score (nSPS) is 10.5. The van der Waals surface area contributed by atoms with Crippen molar-refractivity contribution in [3.05, 3.63) is 40.4 Å². The van der Waals surface area contributed by atoms with Crippen LogP contribution in [0.5, 0.6) is 0 Å². The second-order valence-corrected chi connectivity index (χ2v) is 3.60. The van der Waals surface area contributed by atoms with Gasteiger partial charge in [0.25, 0.3) is 5.56 Å². The number of hydrogen-bond donors (Lipinski definition) is 0. The summed E-state index contributed by atoms with van der Waals surface area (Å²) in [4.78, 5) is 27.4. The summed E-state index contributed by atoms with van der Waals surface area (Å²) in [5.41, 5.74) is -0.0715. The predicted molar refractivity (Wildman–Crippen MR) is 63.2 cm³/mol. The lowest BCUT2D eigenvalue weighted by Gasteiger charge is -2.05. The van der Waals surface area contributed by atoms with Gasteiger partial charge in [-0.25, -0.2) is 9.78 Å². The smallest absolute Gasteiger partial charge is 0.375 e. The number of rotatable bonds is 2. The number of aromatic nitrogens is 2. The average Bonchev–Trinajstić information content (AvgIpc) is 2.34. The minimum atomic E-state index is -0.717. The van der Waals surface area contributed by atoms with Crippen molar-refractivity contribution in [1.82, 2.24) is 9.07 Å². The van der Waals surface area contributed by atoms with Gasteiger partial charge in [0.15, 0.2) is 0 Å². The lowest BCUT2D eigenvalue weighted by Crippen LogP contribution is -2.23. The lowest BCUT2D eigenvalue weighted by atomic mass is 10.2. The summed E-state index contributed by atoms with van der Waals surface area (Å²) in [6.45, 7) is 1.86. The molecule has 0 saturated heterocycles. The van der Waals surface area contributed by atoms with Gasteiger partial charge in [0.2, 0.25) is 5.82 Å². The molecule has 6 heteroatoms. The number of hydrogen-bond acceptors (Lipinski definition) is 4. The van der Waals surface area contributed by atoms with Crippen LogP contribution in [0.15, 0.2) is 29.1 Å². The number of fused-ring (bicyclic) bond motifs is 1. The highest BCUT2D eigenvalue weighted by Crippen LogP contribution is 2.09. The van der Waals surface area contributed by atoms with Crippen molar-refractivity contribution < 1.29 is 9.53 Å². The van der Waals surface area contributed by atoms with Crippen molar-refractivity contribution in [2.75, 3.05) is 6.61 Å². The van der Waals surface area contributed by atoms with Crippen LogP contribution in [0, 0.1) is 0 Å². The van der Waals surface area contributed by atoms with E-state index in [4.69, 9.17) is 16.5 Å². The molecule has 0 radical (unpaired) electrons. The van der Waals surface area contributed by atoms with Gasteiger partial charge in [-0.05, 0) is 19.1 Å². The van der Waals surface area contributed by atoms with Gasteiger partial charge >= 0.3 is 5.97 Å². The SMILES string of the molecule is CCOC(=O)c1nc2ccccc2c(=O)n1Cl. The van der Waals surface area contributed by atoms with E-state index in [2.05, 4.69) is 4.98 Å². The number of para-hydroxylation sites is 1. The zero-order chi connectivity index (χ0) is 12.4. The van der Waals surface area contributed by atoms with E-state index in [1.54, 1.807) is 31.2 Å². The molecule has 1 aromatic carbocycles. The van der Waals surface area contributed by atoms with Gasteiger partial charge in [0.1, 0.15) is 0 Å². The first-order valence-electron chi connectivity index (χ1n) is 5.00. The summed E-state index contributed by atoms with van der Waals surface area (Å²) >= 11 is 5.74. The molecule has 0 fully saturated rings. The molecule has 1 heterocycles. The molecule has 1 aromatic heterocycles. The largest absolute Gasteiger partial charge is 0.460 e. The predicted octanol–water partition coefficient (Wildman–Crippen LogP) is 1.58. The Morgan fingerprint density at radius 3 is 2.88 bits per heavy atom. The van der Waals surface area contributed by atoms with Crippen LogP contribution >= 0.6 is 11.8 Å². The molecule has 2 rings (SSSR count). The Balaban J connectivity index is 2.70. The Hall–Kier alpha value is -1.88. The Bertz CT molecular complexity index is 636. The van der Waals surface area contributed by atoms with Crippen LogP contribution in [0.4, 0.5) is 0 Å². The average molecular weight is 253 g/mol. The van der Waals surface area contributed by atoms with Gasteiger partial charge in [-0.2, -0.15) is 4.09 Å². The Morgan fingerprint density at radius 1 is 1.47 bits per heavy atom. The lowest BCUT2D eigenvalue weighted by molar-refractivity contribution is 0.0510. The number of halogens is 1. The molecule has 0 aliphatic carbocycles. The number of nitrogens with zero attached hydrogens (tertiary/aromatic N) is 2. The molecular weight excluding hydrogens is 244 g/mol. The van der Waals surface area contributed by atoms with E-state index >= 15 is 0 Å². The molecule has 5 nitrogen and oxygen atoms in total. The van der Waals surface area contributed by atoms with E-state index in [0.717, 1.165) is 0 Å². The fraction of sp³-hybridized carbons (Fsp3) is 0.182. The Kier molecular flexibility index (Phi) is 3.10. The molecule has 0 unspecified atom stereocenters. The number of carbonyl (C=O) groups is 1. The van der Waals surface area contributed by atoms with E-state index in [-0.39, 0.29) is 12.4 Å². The first-order chi connectivity index (χ1) is 8.15. The highest BCUT2D eigenvalue weighted by molar-refractivity contribution is 6.17. The van der Waals surface area contributed by atoms with Crippen LogP contribution in [0.3, 0.4) is 0 Å². The van der Waals surface area contributed by atoms with Crippen LogP contribution in [0.1, 0.15) is 17.5 Å². The summed E-state index contributed by atoms with van der Waals surface area (Å²) in [5.74, 6) is -0.928. The minimum Gasteiger partial charge on any atom is -0.460 e. The van der Waals surface area contributed by atoms with Crippen LogP contribution < -0.4 is 5.56 Å². The highest BCUT2D eigenvalue weighted by atomic mass is 35.5. The third kappa shape index (κ3) is 2.01. The Morgan fingerprint density at radius 2 is 2.18 bits per heavy atom. The molecule has 17 heavy (non-hydrogen) atoms. The molecule has 0 aliphatic heterocycles. The fourth-order valence-electron chi connectivity index (χ4n) is 1.43. The van der Waals surface area contributed by atoms with Crippen LogP contribution in [-0.2, 0) is 4.74 Å². The summed E-state index contributed by atoms with van der Waals surface area (Å²) in [5, 5.41) is 0.357. The van der Waals surface area contributed by atoms with E-state index in [1.807, 2.05) is 0 Å². The molecule has 0 saturated carbocycles. The number of esters is 1. The zero-order valence-corrected chi connectivity index (χ0v) is 9.77. The maximum absolute atomic E-state index is 11.8. The first-order valence-corrected chi connectivity index (χ1v) is 5.34. The summed E-state index contributed by atoms with van der Waals surface area (Å²) in [6.07, 6.45) is 0. The quantitative estimate of drug-likeness (QED) is 0.762. The summed E-state index contributed by atoms with van der Waals surface area (Å²) < 4.78 is 5.45. The van der Waals surface area contributed by atoms with E-state index < -0.39 is 11.5 Å². The van der Waals surface area contributed by atoms with E-state index in [9.17, 15) is 9.59 Å². The minimum absolute atomic E-state index is 0.193. The molecular formula is C11H9ClN2O3. The van der Waals surface area contributed by atoms with Gasteiger partial charge in [0, 0.05) is 11.8 Å². The molecule has 0 amide bonds. The fourth-order valence-corrected chi connectivity index (χ4v) is 1.63. The third-order valence-electron chi connectivity index (χ3n) is 2.18. The van der Waals surface area contributed by atoms with Gasteiger partial charge in [-0.3, -0.25) is 4.79 Å². The maximum Gasteiger partial charge on any atom is 0.375 e. The number of benzene rings is 1. The maximum atomic E-state index is 11.8. The van der Waals surface area contributed by atoms with Crippen molar-refractivity contribution in [2.24, 2.45) is 0 Å². The van der Waals surface area contributed by atoms with Crippen molar-refractivity contribution in [3.63, 3.8) is 0 Å². The number of carbonyl (C=O) groups excluding carboxylic acids is 1. The summed E-state index contributed by atoms with van der Waals surface area (Å²) in [6, 6.07) is 6.66. The molecule has 0 spiro atoms. The van der Waals surface area contributed by atoms with Crippen molar-refractivity contribution >= 4 is 28.6 Å². The van der Waals surface area contributed by atoms with Gasteiger partial charge in [-0.15, -0.1) is 0 Å². The monoisotopic (exact) mass is 252 g/mol. The second kappa shape index (κ2) is 4.55. The Labute approximate surface area is 102 Å². The summed E-state index contributed by atoms with van der Waals surface area (Å²) in [7, 11) is 0. The van der Waals surface area contributed by atoms with Crippen LogP contribution in [0.25, 0.3) is 10.9 Å². The van der Waals surface area contributed by atoms with Gasteiger partial charge in [0.05, 0.1) is 17.5 Å². The van der Waals surface area contributed by atoms with Crippen LogP contribution in [0.2, 0.25) is 0 Å². The molecule has 0 atom stereocenters. The van der Waals surface area contributed by atoms with Crippen molar-refractivity contribution in [2.45, 2.75) is 6.92 Å². The zero-order valence-electron chi connectivity index (χ0n) is 9.01. The third-order valence-corrected chi connectivity index (χ3v) is 2.50. The molecule has 0 bridgehead atoms. The van der Waals surface area contributed by atoms with Gasteiger partial charge < -0.3 is 4.74 Å². The van der Waals surface area contributed by atoms with Gasteiger partial charge in [-0.1, -0.05) is 12.1 Å². The first kappa shape index (κ1) is 11.6. The van der Waals surface area contributed by atoms with Crippen LogP contribution in [-0.4, -0.2) is 21.6 Å². The molecule has 0 aliphatic rings. The molecule has 88 valence electrons. The van der Waals surface area contributed by atoms with E-state index in [1.165, 1.54) is 0 Å². The standard InChI is InChI=1S/C11H9ClN2O3/c1-2-17-11(16)9-13-8-6-4-3-5-7(8)10(15)14(9)12/h3-6H,2H2,1H3. The van der Waals surface area contributed by atoms with Crippen molar-refractivity contribution in [3.8, 4) is 0 Å². The van der Waals surface area contributed by atoms with Crippen molar-refractivity contribution in [1.29, 1.82) is 0 Å².